The van der Waals surface area contributed by atoms with Crippen LogP contribution in [0, 0.1) is 11.6 Å². The molecule has 1 aromatic carbocycles. The van der Waals surface area contributed by atoms with E-state index in [4.69, 9.17) is 4.42 Å². The second kappa shape index (κ2) is 4.00. The van der Waals surface area contributed by atoms with Gasteiger partial charge < -0.3 is 14.6 Å². The molecule has 0 atom stereocenters. The Balaban J connectivity index is 2.14. The summed E-state index contributed by atoms with van der Waals surface area (Å²) in [4.78, 5) is 2.00. The maximum absolute atomic E-state index is 13.5. The van der Waals surface area contributed by atoms with Crippen molar-refractivity contribution in [3.05, 3.63) is 30.0 Å². The van der Waals surface area contributed by atoms with E-state index in [9.17, 15) is 8.78 Å². The van der Waals surface area contributed by atoms with Crippen LogP contribution in [0.5, 0.6) is 0 Å². The van der Waals surface area contributed by atoms with E-state index in [2.05, 4.69) is 5.32 Å². The average Bonchev–Trinajstić information content (AvgIpc) is 2.84. The zero-order chi connectivity index (χ0) is 11.8. The highest BCUT2D eigenvalue weighted by molar-refractivity contribution is 5.90. The van der Waals surface area contributed by atoms with Crippen molar-refractivity contribution >= 4 is 16.7 Å². The van der Waals surface area contributed by atoms with Gasteiger partial charge in [-0.15, -0.1) is 0 Å². The summed E-state index contributed by atoms with van der Waals surface area (Å²) in [6.45, 7) is 3.20. The number of benzene rings is 1. The van der Waals surface area contributed by atoms with Gasteiger partial charge in [-0.1, -0.05) is 0 Å². The summed E-state index contributed by atoms with van der Waals surface area (Å²) in [5, 5.41) is 3.42. The number of piperazine rings is 1. The van der Waals surface area contributed by atoms with Crippen LogP contribution in [0.25, 0.3) is 11.0 Å². The lowest BCUT2D eigenvalue weighted by atomic mass is 10.2. The predicted octanol–water partition coefficient (Wildman–Crippen LogP) is 2.12. The molecule has 0 radical (unpaired) electrons. The third kappa shape index (κ3) is 1.67. The molecule has 1 fully saturated rings. The fourth-order valence-corrected chi connectivity index (χ4v) is 2.20. The summed E-state index contributed by atoms with van der Waals surface area (Å²) < 4.78 is 32.3. The summed E-state index contributed by atoms with van der Waals surface area (Å²) in [7, 11) is 0. The van der Waals surface area contributed by atoms with Crippen LogP contribution in [-0.2, 0) is 0 Å². The normalized spacial score (nSPS) is 16.7. The minimum atomic E-state index is -0.840. The van der Waals surface area contributed by atoms with Gasteiger partial charge in [-0.05, 0) is 6.07 Å². The van der Waals surface area contributed by atoms with Crippen LogP contribution in [0.15, 0.2) is 22.8 Å². The Morgan fingerprint density at radius 3 is 2.76 bits per heavy atom. The van der Waals surface area contributed by atoms with Gasteiger partial charge in [0.2, 0.25) is 0 Å². The lowest BCUT2D eigenvalue weighted by molar-refractivity contribution is 0.513. The van der Waals surface area contributed by atoms with E-state index in [-0.39, 0.29) is 5.39 Å². The quantitative estimate of drug-likeness (QED) is 0.825. The molecule has 2 aromatic rings. The molecule has 2 heterocycles. The molecule has 0 amide bonds. The first kappa shape index (κ1) is 10.5. The monoisotopic (exact) mass is 238 g/mol. The first-order chi connectivity index (χ1) is 8.27. The van der Waals surface area contributed by atoms with E-state index in [1.807, 2.05) is 4.90 Å². The number of nitrogens with zero attached hydrogens (tertiary/aromatic N) is 1. The Bertz CT molecular complexity index is 547. The predicted molar refractivity (Wildman–Crippen MR) is 61.2 cm³/mol. The van der Waals surface area contributed by atoms with Gasteiger partial charge in [0.1, 0.15) is 0 Å². The molecule has 1 aliphatic rings. The Morgan fingerprint density at radius 1 is 1.24 bits per heavy atom. The van der Waals surface area contributed by atoms with Crippen LogP contribution < -0.4 is 10.2 Å². The van der Waals surface area contributed by atoms with Crippen molar-refractivity contribution < 1.29 is 13.2 Å². The number of fused-ring (bicyclic) bond motifs is 1. The van der Waals surface area contributed by atoms with Crippen LogP contribution >= 0.6 is 0 Å². The Morgan fingerprint density at radius 2 is 2.00 bits per heavy atom. The van der Waals surface area contributed by atoms with Crippen molar-refractivity contribution in [1.29, 1.82) is 0 Å². The second-order valence-corrected chi connectivity index (χ2v) is 4.09. The molecule has 1 saturated heterocycles. The molecule has 1 aliphatic heterocycles. The first-order valence-electron chi connectivity index (χ1n) is 5.58. The smallest absolute Gasteiger partial charge is 0.170 e. The second-order valence-electron chi connectivity index (χ2n) is 4.09. The summed E-state index contributed by atoms with van der Waals surface area (Å²) in [6.07, 6.45) is 1.39. The fraction of sp³-hybridized carbons (Fsp3) is 0.333. The molecular formula is C12H12F2N2O. The van der Waals surface area contributed by atoms with Gasteiger partial charge in [0.05, 0.1) is 17.3 Å². The standard InChI is InChI=1S/C12H12F2N2O/c13-9-7-10(16-4-2-15-3-5-16)12-8(11(9)14)1-6-17-12/h1,6-7,15H,2-5H2. The zero-order valence-electron chi connectivity index (χ0n) is 9.17. The van der Waals surface area contributed by atoms with Gasteiger partial charge in [0.25, 0.3) is 0 Å². The molecule has 3 rings (SSSR count). The number of hydrogen-bond acceptors (Lipinski definition) is 3. The van der Waals surface area contributed by atoms with Gasteiger partial charge >= 0.3 is 0 Å². The van der Waals surface area contributed by atoms with Crippen molar-refractivity contribution in [1.82, 2.24) is 5.32 Å². The highest BCUT2D eigenvalue weighted by Gasteiger charge is 2.20. The number of rotatable bonds is 1. The molecular weight excluding hydrogens is 226 g/mol. The maximum Gasteiger partial charge on any atom is 0.170 e. The van der Waals surface area contributed by atoms with Gasteiger partial charge in [-0.25, -0.2) is 8.78 Å². The number of nitrogens with one attached hydrogen (secondary N) is 1. The van der Waals surface area contributed by atoms with Crippen LogP contribution in [0.4, 0.5) is 14.5 Å². The number of furan rings is 1. The molecule has 5 heteroatoms. The largest absolute Gasteiger partial charge is 0.462 e. The molecule has 0 saturated carbocycles. The number of anilines is 1. The van der Waals surface area contributed by atoms with E-state index in [1.54, 1.807) is 0 Å². The van der Waals surface area contributed by atoms with Crippen molar-refractivity contribution in [3.63, 3.8) is 0 Å². The highest BCUT2D eigenvalue weighted by atomic mass is 19.2. The average molecular weight is 238 g/mol. The van der Waals surface area contributed by atoms with E-state index >= 15 is 0 Å². The van der Waals surface area contributed by atoms with E-state index in [0.717, 1.165) is 26.2 Å². The molecule has 0 unspecified atom stereocenters. The number of hydrogen-bond donors (Lipinski definition) is 1. The van der Waals surface area contributed by atoms with Crippen LogP contribution in [-0.4, -0.2) is 26.2 Å². The SMILES string of the molecule is Fc1cc(N2CCNCC2)c2occc2c1F. The van der Waals surface area contributed by atoms with Gasteiger partial charge in [0.15, 0.2) is 17.2 Å². The number of halogens is 2. The van der Waals surface area contributed by atoms with Crippen molar-refractivity contribution in [3.8, 4) is 0 Å². The topological polar surface area (TPSA) is 28.4 Å². The lowest BCUT2D eigenvalue weighted by Crippen LogP contribution is -2.43. The van der Waals surface area contributed by atoms with Gasteiger partial charge in [0, 0.05) is 32.2 Å². The van der Waals surface area contributed by atoms with Crippen LogP contribution in [0.1, 0.15) is 0 Å². The molecule has 0 bridgehead atoms. The van der Waals surface area contributed by atoms with Crippen LogP contribution in [0.2, 0.25) is 0 Å². The fourth-order valence-electron chi connectivity index (χ4n) is 2.20. The minimum Gasteiger partial charge on any atom is -0.462 e. The summed E-state index contributed by atoms with van der Waals surface area (Å²) in [5.41, 5.74) is 1.05. The third-order valence-corrected chi connectivity index (χ3v) is 3.07. The highest BCUT2D eigenvalue weighted by Crippen LogP contribution is 2.31. The maximum atomic E-state index is 13.5. The van der Waals surface area contributed by atoms with Gasteiger partial charge in [-0.3, -0.25) is 0 Å². The van der Waals surface area contributed by atoms with Gasteiger partial charge in [-0.2, -0.15) is 0 Å². The molecule has 90 valence electrons. The van der Waals surface area contributed by atoms with Crippen molar-refractivity contribution in [2.75, 3.05) is 31.1 Å². The van der Waals surface area contributed by atoms with Crippen molar-refractivity contribution in [2.24, 2.45) is 0 Å². The molecule has 17 heavy (non-hydrogen) atoms. The van der Waals surface area contributed by atoms with E-state index in [0.29, 0.717) is 11.3 Å². The Labute approximate surface area is 97.0 Å². The summed E-state index contributed by atoms with van der Waals surface area (Å²) >= 11 is 0. The summed E-state index contributed by atoms with van der Waals surface area (Å²) in [6, 6.07) is 2.67. The molecule has 1 N–H and O–H groups in total. The minimum absolute atomic E-state index is 0.207. The van der Waals surface area contributed by atoms with Crippen LogP contribution in [0.3, 0.4) is 0 Å². The molecule has 3 nitrogen and oxygen atoms in total. The van der Waals surface area contributed by atoms with E-state index < -0.39 is 11.6 Å². The van der Waals surface area contributed by atoms with E-state index in [1.165, 1.54) is 18.4 Å². The molecule has 0 spiro atoms. The first-order valence-corrected chi connectivity index (χ1v) is 5.58. The lowest BCUT2D eigenvalue weighted by Gasteiger charge is -2.29. The summed E-state index contributed by atoms with van der Waals surface area (Å²) in [5.74, 6) is -1.67. The Kier molecular flexibility index (Phi) is 2.48. The van der Waals surface area contributed by atoms with Crippen molar-refractivity contribution in [2.45, 2.75) is 0 Å². The zero-order valence-corrected chi connectivity index (χ0v) is 9.17. The molecule has 1 aromatic heterocycles. The third-order valence-electron chi connectivity index (χ3n) is 3.07. The molecule has 0 aliphatic carbocycles. The Hall–Kier alpha value is -1.62.